The number of hydrogen-bond acceptors (Lipinski definition) is 7. The van der Waals surface area contributed by atoms with Crippen molar-refractivity contribution in [2.75, 3.05) is 11.9 Å². The number of ketones is 2. The number of benzene rings is 2. The topological polar surface area (TPSA) is 102 Å². The predicted octanol–water partition coefficient (Wildman–Crippen LogP) is 4.69. The number of anilines is 1. The zero-order valence-electron chi connectivity index (χ0n) is 18.5. The summed E-state index contributed by atoms with van der Waals surface area (Å²) in [5, 5.41) is 4.55. The van der Waals surface area contributed by atoms with E-state index in [0.29, 0.717) is 22.5 Å². The van der Waals surface area contributed by atoms with Crippen molar-refractivity contribution in [3.63, 3.8) is 0 Å². The largest absolute Gasteiger partial charge is 0.452 e. The van der Waals surface area contributed by atoms with E-state index in [1.54, 1.807) is 54.7 Å². The summed E-state index contributed by atoms with van der Waals surface area (Å²) in [7, 11) is 0. The van der Waals surface area contributed by atoms with Crippen LogP contribution in [0, 0.1) is 6.92 Å². The molecule has 0 fully saturated rings. The van der Waals surface area contributed by atoms with E-state index in [9.17, 15) is 19.2 Å². The Hall–Kier alpha value is -4.43. The molecule has 35 heavy (non-hydrogen) atoms. The van der Waals surface area contributed by atoms with Gasteiger partial charge in [0.1, 0.15) is 0 Å². The van der Waals surface area contributed by atoms with Gasteiger partial charge in [0, 0.05) is 27.9 Å². The number of aromatic nitrogens is 1. The molecule has 2 aromatic heterocycles. The van der Waals surface area contributed by atoms with Crippen molar-refractivity contribution >= 4 is 40.5 Å². The minimum Gasteiger partial charge on any atom is -0.452 e. The molecule has 0 saturated carbocycles. The number of amides is 1. The van der Waals surface area contributed by atoms with Crippen LogP contribution in [0.25, 0.3) is 10.6 Å². The van der Waals surface area contributed by atoms with Crippen LogP contribution in [0.4, 0.5) is 5.69 Å². The third-order valence-electron chi connectivity index (χ3n) is 5.62. The molecule has 4 aromatic rings. The van der Waals surface area contributed by atoms with Crippen LogP contribution in [-0.4, -0.2) is 35.0 Å². The van der Waals surface area contributed by atoms with Gasteiger partial charge in [-0.3, -0.25) is 19.4 Å². The Balaban J connectivity index is 1.25. The number of pyridine rings is 1. The summed E-state index contributed by atoms with van der Waals surface area (Å²) in [5.41, 5.74) is 3.05. The lowest BCUT2D eigenvalue weighted by Crippen LogP contribution is -2.23. The highest BCUT2D eigenvalue weighted by molar-refractivity contribution is 7.13. The van der Waals surface area contributed by atoms with Crippen LogP contribution in [-0.2, 0) is 9.53 Å². The number of thiophene rings is 1. The van der Waals surface area contributed by atoms with Gasteiger partial charge in [0.05, 0.1) is 21.8 Å². The molecule has 1 amide bonds. The Morgan fingerprint density at radius 1 is 0.886 bits per heavy atom. The summed E-state index contributed by atoms with van der Waals surface area (Å²) in [6.45, 7) is 1.19. The molecule has 2 aromatic carbocycles. The number of carbonyl (C=O) groups excluding carboxylic acids is 4. The second kappa shape index (κ2) is 9.08. The Morgan fingerprint density at radius 3 is 2.29 bits per heavy atom. The van der Waals surface area contributed by atoms with Crippen LogP contribution in [0.15, 0.2) is 72.1 Å². The van der Waals surface area contributed by atoms with Gasteiger partial charge in [-0.15, -0.1) is 11.3 Å². The zero-order chi connectivity index (χ0) is 24.5. The van der Waals surface area contributed by atoms with Crippen molar-refractivity contribution in [1.82, 2.24) is 4.98 Å². The number of carbonyl (C=O) groups is 4. The van der Waals surface area contributed by atoms with Gasteiger partial charge in [-0.1, -0.05) is 30.3 Å². The van der Waals surface area contributed by atoms with E-state index in [1.165, 1.54) is 18.2 Å². The fourth-order valence-electron chi connectivity index (χ4n) is 3.92. The van der Waals surface area contributed by atoms with Crippen molar-refractivity contribution in [2.45, 2.75) is 6.92 Å². The number of aryl methyl sites for hydroxylation is 1. The standard InChI is InChI=1S/C27H18N2O5S/c1-15-17(10-11-22(28-15)23-7-4-12-35-23)27(33)34-14-24(30)29-16-8-9-20-21(13-16)26(32)19-6-3-2-5-18(19)25(20)31/h2-13H,14H2,1H3,(H,29,30). The number of esters is 1. The lowest BCUT2D eigenvalue weighted by molar-refractivity contribution is -0.119. The van der Waals surface area contributed by atoms with Crippen LogP contribution in [0.3, 0.4) is 0 Å². The van der Waals surface area contributed by atoms with Gasteiger partial charge >= 0.3 is 5.97 Å². The minimum atomic E-state index is -0.661. The Labute approximate surface area is 204 Å². The highest BCUT2D eigenvalue weighted by atomic mass is 32.1. The number of rotatable bonds is 5. The summed E-state index contributed by atoms with van der Waals surface area (Å²) in [4.78, 5) is 55.9. The molecule has 0 bridgehead atoms. The van der Waals surface area contributed by atoms with Crippen LogP contribution in [0.2, 0.25) is 0 Å². The van der Waals surface area contributed by atoms with Gasteiger partial charge in [0.15, 0.2) is 18.2 Å². The molecule has 5 rings (SSSR count). The molecule has 1 aliphatic carbocycles. The Morgan fingerprint density at radius 2 is 1.60 bits per heavy atom. The first-order valence-corrected chi connectivity index (χ1v) is 11.6. The predicted molar refractivity (Wildman–Crippen MR) is 131 cm³/mol. The summed E-state index contributed by atoms with van der Waals surface area (Å²) in [6, 6.07) is 18.4. The summed E-state index contributed by atoms with van der Waals surface area (Å²) in [6.07, 6.45) is 0. The molecule has 0 saturated heterocycles. The van der Waals surface area contributed by atoms with Gasteiger partial charge in [0.25, 0.3) is 5.91 Å². The van der Waals surface area contributed by atoms with Crippen LogP contribution in [0.5, 0.6) is 0 Å². The van der Waals surface area contributed by atoms with Crippen molar-refractivity contribution in [1.29, 1.82) is 0 Å². The smallest absolute Gasteiger partial charge is 0.340 e. The fraction of sp³-hybridized carbons (Fsp3) is 0.0741. The van der Waals surface area contributed by atoms with Gasteiger partial charge in [-0.05, 0) is 48.7 Å². The number of nitrogens with one attached hydrogen (secondary N) is 1. The molecular formula is C27H18N2O5S. The van der Waals surface area contributed by atoms with Gasteiger partial charge in [-0.25, -0.2) is 4.79 Å². The van der Waals surface area contributed by atoms with E-state index in [2.05, 4.69) is 10.3 Å². The number of fused-ring (bicyclic) bond motifs is 2. The average molecular weight is 483 g/mol. The molecule has 0 unspecified atom stereocenters. The maximum atomic E-state index is 12.9. The minimum absolute atomic E-state index is 0.219. The second-order valence-corrected chi connectivity index (χ2v) is 8.84. The summed E-state index contributed by atoms with van der Waals surface area (Å²) in [5.74, 6) is -1.76. The number of ether oxygens (including phenoxy) is 1. The van der Waals surface area contributed by atoms with E-state index in [1.807, 2.05) is 17.5 Å². The average Bonchev–Trinajstić information content (AvgIpc) is 3.41. The molecule has 0 atom stereocenters. The molecule has 8 heteroatoms. The Kier molecular flexibility index (Phi) is 5.80. The van der Waals surface area contributed by atoms with Crippen molar-refractivity contribution in [3.05, 3.63) is 106 Å². The monoisotopic (exact) mass is 482 g/mol. The SMILES string of the molecule is Cc1nc(-c2cccs2)ccc1C(=O)OCC(=O)Nc1ccc2c(c1)C(=O)c1ccccc1C2=O. The fourth-order valence-corrected chi connectivity index (χ4v) is 4.62. The molecule has 7 nitrogen and oxygen atoms in total. The lowest BCUT2D eigenvalue weighted by Gasteiger charge is -2.18. The van der Waals surface area contributed by atoms with E-state index in [-0.39, 0.29) is 28.3 Å². The molecule has 1 N–H and O–H groups in total. The number of nitrogens with zero attached hydrogens (tertiary/aromatic N) is 1. The highest BCUT2D eigenvalue weighted by Crippen LogP contribution is 2.29. The van der Waals surface area contributed by atoms with E-state index >= 15 is 0 Å². The van der Waals surface area contributed by atoms with Crippen LogP contribution >= 0.6 is 11.3 Å². The van der Waals surface area contributed by atoms with Crippen molar-refractivity contribution in [3.8, 4) is 10.6 Å². The number of hydrogen-bond donors (Lipinski definition) is 1. The first-order valence-electron chi connectivity index (χ1n) is 10.7. The van der Waals surface area contributed by atoms with E-state index < -0.39 is 18.5 Å². The quantitative estimate of drug-likeness (QED) is 0.365. The first kappa shape index (κ1) is 22.4. The molecule has 1 aliphatic rings. The molecule has 2 heterocycles. The first-order chi connectivity index (χ1) is 16.9. The molecule has 0 spiro atoms. The maximum absolute atomic E-state index is 12.9. The Bertz CT molecular complexity index is 1510. The van der Waals surface area contributed by atoms with E-state index in [4.69, 9.17) is 4.74 Å². The molecule has 0 aliphatic heterocycles. The highest BCUT2D eigenvalue weighted by Gasteiger charge is 2.29. The maximum Gasteiger partial charge on any atom is 0.340 e. The normalized spacial score (nSPS) is 12.0. The summed E-state index contributed by atoms with van der Waals surface area (Å²) >= 11 is 1.55. The van der Waals surface area contributed by atoms with Crippen molar-refractivity contribution in [2.24, 2.45) is 0 Å². The van der Waals surface area contributed by atoms with Gasteiger partial charge in [-0.2, -0.15) is 0 Å². The lowest BCUT2D eigenvalue weighted by atomic mass is 9.84. The second-order valence-electron chi connectivity index (χ2n) is 7.90. The molecule has 0 radical (unpaired) electrons. The van der Waals surface area contributed by atoms with Crippen molar-refractivity contribution < 1.29 is 23.9 Å². The zero-order valence-corrected chi connectivity index (χ0v) is 19.3. The van der Waals surface area contributed by atoms with Crippen LogP contribution < -0.4 is 5.32 Å². The van der Waals surface area contributed by atoms with Gasteiger partial charge < -0.3 is 10.1 Å². The summed E-state index contributed by atoms with van der Waals surface area (Å²) < 4.78 is 5.16. The molecular weight excluding hydrogens is 464 g/mol. The van der Waals surface area contributed by atoms with Gasteiger partial charge in [0.2, 0.25) is 0 Å². The third kappa shape index (κ3) is 4.27. The van der Waals surface area contributed by atoms with Crippen LogP contribution in [0.1, 0.15) is 47.9 Å². The molecule has 172 valence electrons. The third-order valence-corrected chi connectivity index (χ3v) is 6.51. The van der Waals surface area contributed by atoms with E-state index in [0.717, 1.165) is 10.6 Å².